The van der Waals surface area contributed by atoms with Gasteiger partial charge in [0.05, 0.1) is 23.3 Å². The topological polar surface area (TPSA) is 56.8 Å². The molecule has 0 saturated carbocycles. The highest BCUT2D eigenvalue weighted by Gasteiger charge is 2.11. The fourth-order valence-electron chi connectivity index (χ4n) is 1.98. The van der Waals surface area contributed by atoms with E-state index in [1.54, 1.807) is 36.4 Å². The van der Waals surface area contributed by atoms with Crippen molar-refractivity contribution in [3.63, 3.8) is 0 Å². The van der Waals surface area contributed by atoms with Gasteiger partial charge in [0.1, 0.15) is 11.5 Å². The summed E-state index contributed by atoms with van der Waals surface area (Å²) in [5.41, 5.74) is 2.90. The Hall–Kier alpha value is -3.04. The molecule has 88 valence electrons. The predicted molar refractivity (Wildman–Crippen MR) is 71.3 cm³/mol. The Labute approximate surface area is 110 Å². The molecule has 1 heterocycles. The zero-order valence-electron chi connectivity index (χ0n) is 9.92. The summed E-state index contributed by atoms with van der Waals surface area (Å²) in [6.07, 6.45) is 3.78. The number of hydrogen-bond donors (Lipinski definition) is 0. The van der Waals surface area contributed by atoms with E-state index in [-0.39, 0.29) is 0 Å². The smallest absolute Gasteiger partial charge is 0.134 e. The summed E-state index contributed by atoms with van der Waals surface area (Å²) in [4.78, 5) is 0. The Balaban J connectivity index is 2.13. The van der Waals surface area contributed by atoms with Crippen LogP contribution in [0.2, 0.25) is 0 Å². The van der Waals surface area contributed by atoms with E-state index >= 15 is 0 Å². The van der Waals surface area contributed by atoms with E-state index in [4.69, 9.17) is 15.3 Å². The Morgan fingerprint density at radius 2 is 1.21 bits per heavy atom. The van der Waals surface area contributed by atoms with E-state index < -0.39 is 0 Å². The quantitative estimate of drug-likeness (QED) is 0.605. The third kappa shape index (κ3) is 1.94. The van der Waals surface area contributed by atoms with Crippen LogP contribution in [-0.4, -0.2) is 0 Å². The number of benzene rings is 2. The van der Waals surface area contributed by atoms with Gasteiger partial charge in [-0.2, -0.15) is 10.5 Å². The Bertz CT molecular complexity index is 711. The molecular formula is C16H8N2O. The monoisotopic (exact) mass is 244 g/mol. The van der Waals surface area contributed by atoms with Gasteiger partial charge in [0.2, 0.25) is 0 Å². The van der Waals surface area contributed by atoms with E-state index in [0.717, 1.165) is 11.1 Å². The second-order valence-electron chi connectivity index (χ2n) is 4.16. The van der Waals surface area contributed by atoms with Crippen LogP contribution in [0.25, 0.3) is 12.2 Å². The van der Waals surface area contributed by atoms with Crippen LogP contribution in [0.4, 0.5) is 0 Å². The highest BCUT2D eigenvalue weighted by atomic mass is 16.5. The summed E-state index contributed by atoms with van der Waals surface area (Å²) in [5, 5.41) is 17.8. The SMILES string of the molecule is N#Cc1ccc2c(c1)C=Cc1cc(C#N)ccc1O2. The maximum atomic E-state index is 8.90. The molecule has 3 nitrogen and oxygen atoms in total. The van der Waals surface area contributed by atoms with Crippen LogP contribution in [0.1, 0.15) is 22.3 Å². The molecule has 1 aliphatic heterocycles. The van der Waals surface area contributed by atoms with Gasteiger partial charge in [-0.3, -0.25) is 0 Å². The third-order valence-electron chi connectivity index (χ3n) is 2.94. The van der Waals surface area contributed by atoms with Crippen LogP contribution in [0.5, 0.6) is 11.5 Å². The molecule has 0 unspecified atom stereocenters. The number of rotatable bonds is 0. The minimum Gasteiger partial charge on any atom is -0.456 e. The van der Waals surface area contributed by atoms with Crippen molar-refractivity contribution in [2.45, 2.75) is 0 Å². The van der Waals surface area contributed by atoms with E-state index in [1.807, 2.05) is 12.2 Å². The highest BCUT2D eigenvalue weighted by molar-refractivity contribution is 5.78. The summed E-state index contributed by atoms with van der Waals surface area (Å²) in [7, 11) is 0. The van der Waals surface area contributed by atoms with Crippen molar-refractivity contribution in [1.29, 1.82) is 10.5 Å². The van der Waals surface area contributed by atoms with Gasteiger partial charge in [0.15, 0.2) is 0 Å². The van der Waals surface area contributed by atoms with Gasteiger partial charge in [-0.15, -0.1) is 0 Å². The molecule has 2 aromatic carbocycles. The van der Waals surface area contributed by atoms with Crippen molar-refractivity contribution >= 4 is 12.2 Å². The second kappa shape index (κ2) is 4.33. The molecule has 19 heavy (non-hydrogen) atoms. The molecule has 0 spiro atoms. The third-order valence-corrected chi connectivity index (χ3v) is 2.94. The lowest BCUT2D eigenvalue weighted by Gasteiger charge is -2.08. The van der Waals surface area contributed by atoms with Gasteiger partial charge in [0, 0.05) is 11.1 Å². The van der Waals surface area contributed by atoms with Crippen LogP contribution < -0.4 is 4.74 Å². The molecule has 0 fully saturated rings. The van der Waals surface area contributed by atoms with E-state index in [9.17, 15) is 0 Å². The molecule has 3 rings (SSSR count). The van der Waals surface area contributed by atoms with Crippen molar-refractivity contribution < 1.29 is 4.74 Å². The molecule has 2 aromatic rings. The number of fused-ring (bicyclic) bond motifs is 2. The molecule has 0 aliphatic carbocycles. The average molecular weight is 244 g/mol. The molecule has 0 aromatic heterocycles. The number of ether oxygens (including phenoxy) is 1. The minimum atomic E-state index is 0.593. The van der Waals surface area contributed by atoms with Crippen molar-refractivity contribution in [3.05, 3.63) is 58.7 Å². The summed E-state index contributed by atoms with van der Waals surface area (Å²) in [5.74, 6) is 1.41. The Morgan fingerprint density at radius 1 is 0.737 bits per heavy atom. The summed E-state index contributed by atoms with van der Waals surface area (Å²) < 4.78 is 5.82. The van der Waals surface area contributed by atoms with Gasteiger partial charge in [-0.05, 0) is 36.4 Å². The first-order valence-electron chi connectivity index (χ1n) is 5.74. The van der Waals surface area contributed by atoms with Crippen molar-refractivity contribution in [2.75, 3.05) is 0 Å². The van der Waals surface area contributed by atoms with Crippen LogP contribution in [0, 0.1) is 22.7 Å². The molecule has 0 N–H and O–H groups in total. The Kier molecular flexibility index (Phi) is 2.52. The molecule has 0 radical (unpaired) electrons. The van der Waals surface area contributed by atoms with E-state index in [1.165, 1.54) is 0 Å². The minimum absolute atomic E-state index is 0.593. The second-order valence-corrected chi connectivity index (χ2v) is 4.16. The zero-order valence-corrected chi connectivity index (χ0v) is 9.92. The maximum absolute atomic E-state index is 8.90. The summed E-state index contributed by atoms with van der Waals surface area (Å²) in [6, 6.07) is 14.8. The zero-order chi connectivity index (χ0) is 13.2. The standard InChI is InChI=1S/C16H8N2O/c17-9-11-1-5-15-13(7-11)3-4-14-8-12(10-18)2-6-16(14)19-15/h1-8H. The van der Waals surface area contributed by atoms with Crippen molar-refractivity contribution in [3.8, 4) is 23.6 Å². The molecule has 0 amide bonds. The molecule has 1 aliphatic rings. The fourth-order valence-corrected chi connectivity index (χ4v) is 1.98. The molecule has 0 bridgehead atoms. The van der Waals surface area contributed by atoms with Gasteiger partial charge < -0.3 is 4.74 Å². The van der Waals surface area contributed by atoms with Crippen LogP contribution in [0.3, 0.4) is 0 Å². The average Bonchev–Trinajstić information content (AvgIpc) is 2.64. The first-order chi connectivity index (χ1) is 9.30. The molecule has 0 atom stereocenters. The Morgan fingerprint density at radius 3 is 1.63 bits per heavy atom. The van der Waals surface area contributed by atoms with Crippen molar-refractivity contribution in [1.82, 2.24) is 0 Å². The van der Waals surface area contributed by atoms with E-state index in [0.29, 0.717) is 22.6 Å². The normalized spacial score (nSPS) is 11.3. The lowest BCUT2D eigenvalue weighted by atomic mass is 10.1. The lowest BCUT2D eigenvalue weighted by molar-refractivity contribution is 0.481. The fraction of sp³-hybridized carbons (Fsp3) is 0. The van der Waals surface area contributed by atoms with Gasteiger partial charge in [0.25, 0.3) is 0 Å². The number of nitrogens with zero attached hydrogens (tertiary/aromatic N) is 2. The van der Waals surface area contributed by atoms with Gasteiger partial charge in [-0.25, -0.2) is 0 Å². The summed E-state index contributed by atoms with van der Waals surface area (Å²) in [6.45, 7) is 0. The highest BCUT2D eigenvalue weighted by Crippen LogP contribution is 2.34. The first-order valence-corrected chi connectivity index (χ1v) is 5.74. The molecule has 3 heteroatoms. The van der Waals surface area contributed by atoms with Crippen LogP contribution in [-0.2, 0) is 0 Å². The van der Waals surface area contributed by atoms with Crippen molar-refractivity contribution in [2.24, 2.45) is 0 Å². The molecule has 0 saturated heterocycles. The largest absolute Gasteiger partial charge is 0.456 e. The number of hydrogen-bond acceptors (Lipinski definition) is 3. The number of nitriles is 2. The van der Waals surface area contributed by atoms with E-state index in [2.05, 4.69) is 12.1 Å². The predicted octanol–water partition coefficient (Wildman–Crippen LogP) is 3.71. The van der Waals surface area contributed by atoms with Gasteiger partial charge in [-0.1, -0.05) is 12.2 Å². The molecular weight excluding hydrogens is 236 g/mol. The summed E-state index contributed by atoms with van der Waals surface area (Å²) >= 11 is 0. The first kappa shape index (κ1) is 11.1. The van der Waals surface area contributed by atoms with Crippen LogP contribution >= 0.6 is 0 Å². The maximum Gasteiger partial charge on any atom is 0.134 e. The van der Waals surface area contributed by atoms with Crippen LogP contribution in [0.15, 0.2) is 36.4 Å². The lowest BCUT2D eigenvalue weighted by Crippen LogP contribution is -1.89. The van der Waals surface area contributed by atoms with Gasteiger partial charge >= 0.3 is 0 Å².